The van der Waals surface area contributed by atoms with E-state index in [0.717, 1.165) is 13.1 Å². The molecule has 0 aromatic heterocycles. The van der Waals surface area contributed by atoms with E-state index in [0.29, 0.717) is 18.8 Å². The summed E-state index contributed by atoms with van der Waals surface area (Å²) in [5, 5.41) is 0. The Morgan fingerprint density at radius 3 is 2.45 bits per heavy atom. The largest absolute Gasteiger partial charge is 0.379 e. The minimum Gasteiger partial charge on any atom is -0.379 e. The Balaban J connectivity index is 1.81. The fraction of sp³-hybridized carbons (Fsp3) is 0.429. The zero-order valence-electron chi connectivity index (χ0n) is 11.5. The first kappa shape index (κ1) is 14.5. The summed E-state index contributed by atoms with van der Waals surface area (Å²) in [6.45, 7) is 4.53. The second-order valence-electron chi connectivity index (χ2n) is 4.63. The predicted molar refractivity (Wildman–Crippen MR) is 73.9 cm³/mol. The Kier molecular flexibility index (Phi) is 5.09. The third-order valence-electron chi connectivity index (χ3n) is 3.31. The van der Waals surface area contributed by atoms with Crippen LogP contribution in [0.4, 0.5) is 0 Å². The van der Waals surface area contributed by atoms with Crippen LogP contribution in [0.1, 0.15) is 17.3 Å². The van der Waals surface area contributed by atoms with E-state index >= 15 is 0 Å². The topological polar surface area (TPSA) is 70.7 Å². The third kappa shape index (κ3) is 3.79. The number of rotatable bonds is 3. The molecule has 1 fully saturated rings. The van der Waals surface area contributed by atoms with Crippen molar-refractivity contribution in [1.29, 1.82) is 0 Å². The van der Waals surface area contributed by atoms with Crippen LogP contribution in [-0.4, -0.2) is 49.1 Å². The lowest BCUT2D eigenvalue weighted by atomic mass is 10.2. The van der Waals surface area contributed by atoms with Crippen LogP contribution in [-0.2, 0) is 9.53 Å². The molecule has 1 saturated heterocycles. The summed E-state index contributed by atoms with van der Waals surface area (Å²) in [5.74, 6) is -0.552. The highest BCUT2D eigenvalue weighted by Crippen LogP contribution is 2.03. The smallest absolute Gasteiger partial charge is 0.269 e. The maximum absolute atomic E-state index is 12.0. The van der Waals surface area contributed by atoms with Crippen molar-refractivity contribution in [3.8, 4) is 0 Å². The zero-order valence-corrected chi connectivity index (χ0v) is 11.5. The van der Waals surface area contributed by atoms with Crippen LogP contribution in [0.25, 0.3) is 0 Å². The molecule has 1 heterocycles. The van der Waals surface area contributed by atoms with Crippen LogP contribution in [0.3, 0.4) is 0 Å². The molecule has 6 heteroatoms. The number of nitrogens with zero attached hydrogens (tertiary/aromatic N) is 1. The number of amides is 2. The number of ether oxygens (including phenoxy) is 1. The van der Waals surface area contributed by atoms with Gasteiger partial charge in [-0.25, -0.2) is 0 Å². The fourth-order valence-electron chi connectivity index (χ4n) is 2.02. The molecule has 1 aliphatic heterocycles. The SMILES string of the molecule is C[C@@H](C(=O)NNC(=O)c1ccccc1)N1CCOCC1. The normalized spacial score (nSPS) is 17.2. The molecule has 6 nitrogen and oxygen atoms in total. The molecule has 20 heavy (non-hydrogen) atoms. The van der Waals surface area contributed by atoms with Gasteiger partial charge in [0.2, 0.25) is 0 Å². The van der Waals surface area contributed by atoms with Crippen LogP contribution >= 0.6 is 0 Å². The van der Waals surface area contributed by atoms with E-state index in [1.165, 1.54) is 0 Å². The quantitative estimate of drug-likeness (QED) is 0.773. The van der Waals surface area contributed by atoms with Crippen molar-refractivity contribution in [2.24, 2.45) is 0 Å². The van der Waals surface area contributed by atoms with Crippen molar-refractivity contribution < 1.29 is 14.3 Å². The summed E-state index contributed by atoms with van der Waals surface area (Å²) >= 11 is 0. The monoisotopic (exact) mass is 277 g/mol. The van der Waals surface area contributed by atoms with Gasteiger partial charge in [-0.15, -0.1) is 0 Å². The van der Waals surface area contributed by atoms with E-state index in [-0.39, 0.29) is 17.9 Å². The van der Waals surface area contributed by atoms with Gasteiger partial charge in [-0.3, -0.25) is 25.3 Å². The second kappa shape index (κ2) is 7.02. The van der Waals surface area contributed by atoms with Crippen molar-refractivity contribution in [2.75, 3.05) is 26.3 Å². The molecule has 0 radical (unpaired) electrons. The average Bonchev–Trinajstić information content (AvgIpc) is 2.53. The molecule has 0 saturated carbocycles. The van der Waals surface area contributed by atoms with Crippen LogP contribution in [0.5, 0.6) is 0 Å². The molecule has 1 aromatic carbocycles. The Labute approximate surface area is 118 Å². The van der Waals surface area contributed by atoms with Crippen LogP contribution in [0.15, 0.2) is 30.3 Å². The number of morpholine rings is 1. The molecule has 0 aliphatic carbocycles. The summed E-state index contributed by atoms with van der Waals surface area (Å²) < 4.78 is 5.24. The highest BCUT2D eigenvalue weighted by Gasteiger charge is 2.23. The van der Waals surface area contributed by atoms with E-state index in [2.05, 4.69) is 10.9 Å². The molecule has 0 bridgehead atoms. The number of carbonyl (C=O) groups excluding carboxylic acids is 2. The van der Waals surface area contributed by atoms with Crippen molar-refractivity contribution >= 4 is 11.8 Å². The zero-order chi connectivity index (χ0) is 14.4. The van der Waals surface area contributed by atoms with Crippen LogP contribution < -0.4 is 10.9 Å². The molecule has 2 rings (SSSR count). The predicted octanol–water partition coefficient (Wildman–Crippen LogP) is 0.168. The lowest BCUT2D eigenvalue weighted by Crippen LogP contribution is -2.53. The molecule has 0 unspecified atom stereocenters. The number of benzene rings is 1. The van der Waals surface area contributed by atoms with Crippen LogP contribution in [0.2, 0.25) is 0 Å². The minimum atomic E-state index is -0.326. The molecular weight excluding hydrogens is 258 g/mol. The Morgan fingerprint density at radius 2 is 1.80 bits per heavy atom. The summed E-state index contributed by atoms with van der Waals surface area (Å²) in [4.78, 5) is 25.8. The second-order valence-corrected chi connectivity index (χ2v) is 4.63. The lowest BCUT2D eigenvalue weighted by molar-refractivity contribution is -0.128. The summed E-state index contributed by atoms with van der Waals surface area (Å²) in [5.41, 5.74) is 5.39. The minimum absolute atomic E-state index is 0.226. The van der Waals surface area contributed by atoms with Gasteiger partial charge in [0.25, 0.3) is 11.8 Å². The van der Waals surface area contributed by atoms with E-state index in [1.807, 2.05) is 17.9 Å². The molecule has 1 aliphatic rings. The Hall–Kier alpha value is -1.92. The van der Waals surface area contributed by atoms with Gasteiger partial charge in [-0.2, -0.15) is 0 Å². The number of hydrogen-bond donors (Lipinski definition) is 2. The van der Waals surface area contributed by atoms with Gasteiger partial charge < -0.3 is 4.74 Å². The van der Waals surface area contributed by atoms with E-state index in [4.69, 9.17) is 4.74 Å². The highest BCUT2D eigenvalue weighted by molar-refractivity contribution is 5.95. The van der Waals surface area contributed by atoms with E-state index in [9.17, 15) is 9.59 Å². The molecule has 1 aromatic rings. The van der Waals surface area contributed by atoms with Crippen molar-refractivity contribution in [2.45, 2.75) is 13.0 Å². The van der Waals surface area contributed by atoms with Crippen molar-refractivity contribution in [1.82, 2.24) is 15.8 Å². The van der Waals surface area contributed by atoms with Gasteiger partial charge in [-0.05, 0) is 19.1 Å². The number of hydrazine groups is 1. The fourth-order valence-corrected chi connectivity index (χ4v) is 2.02. The molecule has 108 valence electrons. The van der Waals surface area contributed by atoms with Gasteiger partial charge in [0.15, 0.2) is 0 Å². The molecule has 2 amide bonds. The van der Waals surface area contributed by atoms with Crippen molar-refractivity contribution in [3.05, 3.63) is 35.9 Å². The Morgan fingerprint density at radius 1 is 1.15 bits per heavy atom. The number of nitrogens with one attached hydrogen (secondary N) is 2. The first-order chi connectivity index (χ1) is 9.68. The molecule has 1 atom stereocenters. The van der Waals surface area contributed by atoms with Gasteiger partial charge >= 0.3 is 0 Å². The van der Waals surface area contributed by atoms with Gasteiger partial charge in [0, 0.05) is 18.7 Å². The number of carbonyl (C=O) groups is 2. The molecular formula is C14H19N3O3. The molecule has 0 spiro atoms. The Bertz CT molecular complexity index is 458. The summed E-state index contributed by atoms with van der Waals surface area (Å²) in [6.07, 6.45) is 0. The van der Waals surface area contributed by atoms with Gasteiger partial charge in [-0.1, -0.05) is 18.2 Å². The van der Waals surface area contributed by atoms with Gasteiger partial charge in [0.05, 0.1) is 19.3 Å². The first-order valence-electron chi connectivity index (χ1n) is 6.65. The maximum atomic E-state index is 12.0. The van der Waals surface area contributed by atoms with Crippen molar-refractivity contribution in [3.63, 3.8) is 0 Å². The summed E-state index contributed by atoms with van der Waals surface area (Å²) in [6, 6.07) is 8.45. The summed E-state index contributed by atoms with van der Waals surface area (Å²) in [7, 11) is 0. The van der Waals surface area contributed by atoms with E-state index < -0.39 is 0 Å². The van der Waals surface area contributed by atoms with Crippen LogP contribution in [0, 0.1) is 0 Å². The lowest BCUT2D eigenvalue weighted by Gasteiger charge is -2.31. The van der Waals surface area contributed by atoms with Gasteiger partial charge in [0.1, 0.15) is 0 Å². The number of hydrogen-bond acceptors (Lipinski definition) is 4. The maximum Gasteiger partial charge on any atom is 0.269 e. The average molecular weight is 277 g/mol. The molecule has 2 N–H and O–H groups in total. The standard InChI is InChI=1S/C14H19N3O3/c1-11(17-7-9-20-10-8-17)13(18)15-16-14(19)12-5-3-2-4-6-12/h2-6,11H,7-10H2,1H3,(H,15,18)(H,16,19)/t11-/m0/s1. The highest BCUT2D eigenvalue weighted by atomic mass is 16.5. The third-order valence-corrected chi connectivity index (χ3v) is 3.31. The first-order valence-corrected chi connectivity index (χ1v) is 6.65. The van der Waals surface area contributed by atoms with E-state index in [1.54, 1.807) is 24.3 Å².